The second kappa shape index (κ2) is 8.16. The van der Waals surface area contributed by atoms with E-state index in [1.54, 1.807) is 6.08 Å². The van der Waals surface area contributed by atoms with Crippen LogP contribution in [0.2, 0.25) is 0 Å². The molecule has 0 unspecified atom stereocenters. The highest BCUT2D eigenvalue weighted by Gasteiger charge is 2.20. The van der Waals surface area contributed by atoms with Gasteiger partial charge in [0.2, 0.25) is 5.91 Å². The predicted molar refractivity (Wildman–Crippen MR) is 117 cm³/mol. The molecule has 0 aliphatic heterocycles. The van der Waals surface area contributed by atoms with E-state index >= 15 is 0 Å². The molecular weight excluding hydrogens is 362 g/mol. The molecule has 1 aliphatic rings. The molecule has 1 amide bonds. The lowest BCUT2D eigenvalue weighted by Gasteiger charge is -2.12. The molecule has 0 spiro atoms. The van der Waals surface area contributed by atoms with E-state index < -0.39 is 0 Å². The van der Waals surface area contributed by atoms with Crippen molar-refractivity contribution in [2.75, 3.05) is 11.9 Å². The third kappa shape index (κ3) is 4.07. The van der Waals surface area contributed by atoms with Crippen LogP contribution in [-0.2, 0) is 17.6 Å². The molecule has 4 heteroatoms. The first-order valence-electron chi connectivity index (χ1n) is 10.3. The van der Waals surface area contributed by atoms with Gasteiger partial charge < -0.3 is 14.5 Å². The summed E-state index contributed by atoms with van der Waals surface area (Å²) in [6.07, 6.45) is 6.05. The molecule has 0 saturated heterocycles. The first-order valence-corrected chi connectivity index (χ1v) is 10.3. The molecular formula is C25H27NO3. The fourth-order valence-electron chi connectivity index (χ4n) is 3.96. The fraction of sp³-hybridized carbons (Fsp3) is 0.320. The van der Waals surface area contributed by atoms with Gasteiger partial charge in [0.05, 0.1) is 6.61 Å². The molecule has 4 rings (SSSR count). The highest BCUT2D eigenvalue weighted by molar-refractivity contribution is 6.04. The van der Waals surface area contributed by atoms with Gasteiger partial charge >= 0.3 is 0 Å². The molecule has 0 fully saturated rings. The van der Waals surface area contributed by atoms with Crippen LogP contribution in [0.25, 0.3) is 16.5 Å². The maximum absolute atomic E-state index is 12.5. The Labute approximate surface area is 171 Å². The van der Waals surface area contributed by atoms with Crippen molar-refractivity contribution >= 4 is 28.1 Å². The van der Waals surface area contributed by atoms with Gasteiger partial charge in [0.15, 0.2) is 0 Å². The number of hydrogen-bond donors (Lipinski definition) is 1. The number of allylic oxidation sites excluding steroid dienone is 1. The van der Waals surface area contributed by atoms with Crippen molar-refractivity contribution in [2.45, 2.75) is 46.5 Å². The zero-order valence-electron chi connectivity index (χ0n) is 17.3. The van der Waals surface area contributed by atoms with Crippen LogP contribution in [0.4, 0.5) is 5.69 Å². The van der Waals surface area contributed by atoms with E-state index in [0.717, 1.165) is 57.7 Å². The Morgan fingerprint density at radius 1 is 1.17 bits per heavy atom. The van der Waals surface area contributed by atoms with Crippen molar-refractivity contribution in [1.82, 2.24) is 0 Å². The number of carbonyl (C=O) groups is 1. The van der Waals surface area contributed by atoms with E-state index in [9.17, 15) is 4.79 Å². The van der Waals surface area contributed by atoms with Crippen LogP contribution in [-0.4, -0.2) is 12.5 Å². The van der Waals surface area contributed by atoms with Crippen LogP contribution in [0.3, 0.4) is 0 Å². The van der Waals surface area contributed by atoms with Crippen LogP contribution >= 0.6 is 0 Å². The van der Waals surface area contributed by atoms with E-state index in [-0.39, 0.29) is 5.91 Å². The van der Waals surface area contributed by atoms with Crippen LogP contribution in [0.1, 0.15) is 49.1 Å². The van der Waals surface area contributed by atoms with Gasteiger partial charge in [0, 0.05) is 40.8 Å². The van der Waals surface area contributed by atoms with E-state index in [2.05, 4.69) is 11.4 Å². The van der Waals surface area contributed by atoms with Crippen LogP contribution in [0.15, 0.2) is 46.9 Å². The molecule has 3 aromatic rings. The van der Waals surface area contributed by atoms with Gasteiger partial charge in [0.1, 0.15) is 17.1 Å². The summed E-state index contributed by atoms with van der Waals surface area (Å²) in [5.74, 6) is 1.70. The van der Waals surface area contributed by atoms with E-state index in [0.29, 0.717) is 6.61 Å². The first-order chi connectivity index (χ1) is 14.0. The number of aryl methyl sites for hydroxylation is 3. The van der Waals surface area contributed by atoms with Crippen LogP contribution < -0.4 is 10.1 Å². The quantitative estimate of drug-likeness (QED) is 0.540. The van der Waals surface area contributed by atoms with E-state index in [1.807, 2.05) is 51.1 Å². The molecule has 2 aromatic carbocycles. The smallest absolute Gasteiger partial charge is 0.248 e. The number of nitrogens with one attached hydrogen (secondary N) is 1. The molecule has 29 heavy (non-hydrogen) atoms. The van der Waals surface area contributed by atoms with Crippen molar-refractivity contribution in [3.63, 3.8) is 0 Å². The van der Waals surface area contributed by atoms with Gasteiger partial charge in [-0.2, -0.15) is 0 Å². The van der Waals surface area contributed by atoms with Crippen molar-refractivity contribution < 1.29 is 13.9 Å². The summed E-state index contributed by atoms with van der Waals surface area (Å²) >= 11 is 0. The average molecular weight is 389 g/mol. The van der Waals surface area contributed by atoms with E-state index in [4.69, 9.17) is 9.15 Å². The summed E-state index contributed by atoms with van der Waals surface area (Å²) in [4.78, 5) is 12.5. The Morgan fingerprint density at radius 3 is 2.69 bits per heavy atom. The number of furan rings is 1. The molecule has 0 radical (unpaired) electrons. The maximum Gasteiger partial charge on any atom is 0.248 e. The molecule has 4 nitrogen and oxygen atoms in total. The Hall–Kier alpha value is -3.01. The van der Waals surface area contributed by atoms with Crippen molar-refractivity contribution in [3.05, 3.63) is 64.9 Å². The van der Waals surface area contributed by atoms with Crippen LogP contribution in [0.5, 0.6) is 5.75 Å². The first kappa shape index (κ1) is 19.3. The van der Waals surface area contributed by atoms with Crippen molar-refractivity contribution in [2.24, 2.45) is 0 Å². The minimum atomic E-state index is -0.150. The number of benzene rings is 2. The predicted octanol–water partition coefficient (Wildman–Crippen LogP) is 6.06. The van der Waals surface area contributed by atoms with Gasteiger partial charge in [0.25, 0.3) is 0 Å². The van der Waals surface area contributed by atoms with Gasteiger partial charge in [-0.15, -0.1) is 0 Å². The monoisotopic (exact) mass is 389 g/mol. The molecule has 1 N–H and O–H groups in total. The van der Waals surface area contributed by atoms with Gasteiger partial charge in [-0.1, -0.05) is 17.7 Å². The number of carbonyl (C=O) groups excluding carboxylic acids is 1. The Balaban J connectivity index is 1.68. The average Bonchev–Trinajstić information content (AvgIpc) is 3.06. The topological polar surface area (TPSA) is 51.5 Å². The molecule has 0 bridgehead atoms. The van der Waals surface area contributed by atoms with Gasteiger partial charge in [-0.05, 0) is 63.8 Å². The number of hydrogen-bond acceptors (Lipinski definition) is 3. The van der Waals surface area contributed by atoms with E-state index in [1.165, 1.54) is 18.4 Å². The summed E-state index contributed by atoms with van der Waals surface area (Å²) in [6.45, 7) is 6.49. The Morgan fingerprint density at radius 2 is 1.93 bits per heavy atom. The fourth-order valence-corrected chi connectivity index (χ4v) is 3.96. The van der Waals surface area contributed by atoms with Crippen LogP contribution in [0, 0.1) is 6.92 Å². The molecule has 0 saturated carbocycles. The molecule has 1 aliphatic carbocycles. The number of anilines is 1. The second-order valence-corrected chi connectivity index (χ2v) is 7.67. The highest BCUT2D eigenvalue weighted by atomic mass is 16.5. The number of fused-ring (bicyclic) bond motifs is 3. The van der Waals surface area contributed by atoms with Crippen molar-refractivity contribution in [3.8, 4) is 5.75 Å². The largest absolute Gasteiger partial charge is 0.493 e. The highest BCUT2D eigenvalue weighted by Crippen LogP contribution is 2.38. The summed E-state index contributed by atoms with van der Waals surface area (Å²) in [5, 5.41) is 4.07. The number of amides is 1. The minimum Gasteiger partial charge on any atom is -0.493 e. The Bertz CT molecular complexity index is 1070. The zero-order valence-corrected chi connectivity index (χ0v) is 17.3. The summed E-state index contributed by atoms with van der Waals surface area (Å²) in [5.41, 5.74) is 5.94. The lowest BCUT2D eigenvalue weighted by molar-refractivity contribution is -0.111. The standard InChI is InChI=1S/C25H27NO3/c1-4-28-23-15-24-21(19-7-5-6-8-22(19)29-24)14-20(23)17(3)13-25(27)26-18-11-9-16(2)10-12-18/h9-15H,4-8H2,1-3H3,(H,26,27)/b17-13+. The third-order valence-electron chi connectivity index (χ3n) is 5.45. The van der Waals surface area contributed by atoms with Crippen molar-refractivity contribution in [1.29, 1.82) is 0 Å². The molecule has 1 heterocycles. The zero-order chi connectivity index (χ0) is 20.4. The molecule has 0 atom stereocenters. The minimum absolute atomic E-state index is 0.150. The lowest BCUT2D eigenvalue weighted by atomic mass is 9.94. The normalized spacial score (nSPS) is 14.0. The summed E-state index contributed by atoms with van der Waals surface area (Å²) < 4.78 is 12.0. The third-order valence-corrected chi connectivity index (χ3v) is 5.45. The van der Waals surface area contributed by atoms with Gasteiger partial charge in [-0.3, -0.25) is 4.79 Å². The molecule has 150 valence electrons. The number of rotatable bonds is 5. The SMILES string of the molecule is CCOc1cc2oc3c(c2cc1/C(C)=C/C(=O)Nc1ccc(C)cc1)CCCC3. The second-order valence-electron chi connectivity index (χ2n) is 7.67. The lowest BCUT2D eigenvalue weighted by Crippen LogP contribution is -2.08. The van der Waals surface area contributed by atoms with Gasteiger partial charge in [-0.25, -0.2) is 0 Å². The maximum atomic E-state index is 12.5. The Kier molecular flexibility index (Phi) is 5.43. The summed E-state index contributed by atoms with van der Waals surface area (Å²) in [6, 6.07) is 11.9. The molecule has 1 aromatic heterocycles. The number of ether oxygens (including phenoxy) is 1. The summed E-state index contributed by atoms with van der Waals surface area (Å²) in [7, 11) is 0.